The van der Waals surface area contributed by atoms with E-state index >= 15 is 0 Å². The molecule has 0 aromatic carbocycles. The number of nitrogens with zero attached hydrogens (tertiary/aromatic N) is 2. The van der Waals surface area contributed by atoms with Crippen LogP contribution in [-0.2, 0) is 11.3 Å². The third-order valence-corrected chi connectivity index (χ3v) is 6.90. The summed E-state index contributed by atoms with van der Waals surface area (Å²) in [6.07, 6.45) is 11.9. The first-order valence-corrected chi connectivity index (χ1v) is 9.79. The lowest BCUT2D eigenvalue weighted by Crippen LogP contribution is -2.49. The van der Waals surface area contributed by atoms with Gasteiger partial charge in [0.25, 0.3) is 5.91 Å². The molecule has 4 aliphatic carbocycles. The summed E-state index contributed by atoms with van der Waals surface area (Å²) in [5.41, 5.74) is -0.0959. The van der Waals surface area contributed by atoms with Crippen LogP contribution < -0.4 is 4.80 Å². The number of rotatable bonds is 4. The molecule has 1 aromatic heterocycles. The second-order valence-electron chi connectivity index (χ2n) is 7.85. The van der Waals surface area contributed by atoms with Gasteiger partial charge in [-0.1, -0.05) is 13.3 Å². The lowest BCUT2D eigenvalue weighted by Gasteiger charge is -2.55. The molecule has 1 aromatic rings. The summed E-state index contributed by atoms with van der Waals surface area (Å²) in [6.45, 7) is 3.18. The van der Waals surface area contributed by atoms with Crippen LogP contribution in [0.4, 0.5) is 0 Å². The summed E-state index contributed by atoms with van der Waals surface area (Å²) < 4.78 is 2.16. The lowest BCUT2D eigenvalue weighted by molar-refractivity contribution is -0.142. The fourth-order valence-corrected chi connectivity index (χ4v) is 6.22. The van der Waals surface area contributed by atoms with Crippen molar-refractivity contribution in [1.29, 1.82) is 0 Å². The van der Waals surface area contributed by atoms with Gasteiger partial charge in [0, 0.05) is 18.1 Å². The summed E-state index contributed by atoms with van der Waals surface area (Å²) in [4.78, 5) is 18.5. The summed E-state index contributed by atoms with van der Waals surface area (Å²) in [5, 5.41) is 2.06. The Morgan fingerprint density at radius 2 is 1.91 bits per heavy atom. The highest BCUT2D eigenvalue weighted by atomic mass is 32.1. The van der Waals surface area contributed by atoms with E-state index in [-0.39, 0.29) is 11.3 Å². The van der Waals surface area contributed by atoms with E-state index in [2.05, 4.69) is 28.1 Å². The van der Waals surface area contributed by atoms with E-state index in [0.29, 0.717) is 0 Å². The molecule has 1 heterocycles. The van der Waals surface area contributed by atoms with E-state index in [0.717, 1.165) is 54.8 Å². The Hall–Kier alpha value is -0.900. The van der Waals surface area contributed by atoms with Gasteiger partial charge < -0.3 is 4.57 Å². The van der Waals surface area contributed by atoms with Crippen molar-refractivity contribution in [1.82, 2.24) is 4.57 Å². The number of aromatic nitrogens is 1. The number of hydrogen-bond acceptors (Lipinski definition) is 2. The Kier molecular flexibility index (Phi) is 3.75. The number of thiazole rings is 1. The molecule has 4 fully saturated rings. The number of unbranched alkanes of at least 4 members (excludes halogenated alkanes) is 1. The number of hydrogen-bond donors (Lipinski definition) is 0. The van der Waals surface area contributed by atoms with Gasteiger partial charge >= 0.3 is 0 Å². The van der Waals surface area contributed by atoms with Gasteiger partial charge in [-0.3, -0.25) is 4.79 Å². The number of aryl methyl sites for hydroxylation is 1. The van der Waals surface area contributed by atoms with Crippen molar-refractivity contribution < 1.29 is 4.79 Å². The van der Waals surface area contributed by atoms with Crippen LogP contribution in [0.25, 0.3) is 0 Å². The Labute approximate surface area is 136 Å². The average Bonchev–Trinajstić information content (AvgIpc) is 2.91. The molecule has 4 saturated carbocycles. The number of amides is 1. The first-order valence-electron chi connectivity index (χ1n) is 8.91. The van der Waals surface area contributed by atoms with E-state index in [1.165, 1.54) is 25.7 Å². The minimum absolute atomic E-state index is 0.0959. The SMILES string of the molecule is CCCCn1ccsc1=NC(=O)C12CC3CC(CC(C3)C1)C2. The van der Waals surface area contributed by atoms with Crippen LogP contribution in [0, 0.1) is 23.2 Å². The van der Waals surface area contributed by atoms with Crippen molar-refractivity contribution >= 4 is 17.2 Å². The zero-order valence-corrected chi connectivity index (χ0v) is 14.3. The van der Waals surface area contributed by atoms with Crippen LogP contribution in [0.15, 0.2) is 16.6 Å². The van der Waals surface area contributed by atoms with Gasteiger partial charge in [-0.2, -0.15) is 4.99 Å². The van der Waals surface area contributed by atoms with Crippen LogP contribution in [0.3, 0.4) is 0 Å². The summed E-state index contributed by atoms with van der Waals surface area (Å²) in [5.74, 6) is 2.61. The second-order valence-corrected chi connectivity index (χ2v) is 8.72. The molecule has 1 amide bonds. The fraction of sp³-hybridized carbons (Fsp3) is 0.778. The quantitative estimate of drug-likeness (QED) is 0.826. The predicted molar refractivity (Wildman–Crippen MR) is 88.4 cm³/mol. The summed E-state index contributed by atoms with van der Waals surface area (Å²) in [6, 6.07) is 0. The third-order valence-electron chi connectivity index (χ3n) is 6.10. The van der Waals surface area contributed by atoms with E-state index in [4.69, 9.17) is 0 Å². The lowest BCUT2D eigenvalue weighted by atomic mass is 9.49. The maximum Gasteiger partial charge on any atom is 0.254 e. The van der Waals surface area contributed by atoms with Gasteiger partial charge in [0.05, 0.1) is 5.41 Å². The maximum absolute atomic E-state index is 13.0. The van der Waals surface area contributed by atoms with Crippen LogP contribution >= 0.6 is 11.3 Å². The minimum atomic E-state index is -0.0959. The molecule has 0 spiro atoms. The van der Waals surface area contributed by atoms with E-state index in [1.807, 2.05) is 0 Å². The summed E-state index contributed by atoms with van der Waals surface area (Å²) in [7, 11) is 0. The molecular formula is C18H26N2OS. The molecule has 0 atom stereocenters. The van der Waals surface area contributed by atoms with Gasteiger partial charge in [-0.05, 0) is 62.7 Å². The number of carbonyl (C=O) groups excluding carboxylic acids is 1. The Morgan fingerprint density at radius 3 is 2.50 bits per heavy atom. The van der Waals surface area contributed by atoms with Crippen molar-refractivity contribution in [2.75, 3.05) is 0 Å². The molecule has 0 radical (unpaired) electrons. The van der Waals surface area contributed by atoms with Crippen LogP contribution in [0.1, 0.15) is 58.3 Å². The van der Waals surface area contributed by atoms with Gasteiger partial charge in [-0.25, -0.2) is 0 Å². The zero-order chi connectivity index (χ0) is 15.2. The van der Waals surface area contributed by atoms with Crippen LogP contribution in [-0.4, -0.2) is 10.5 Å². The van der Waals surface area contributed by atoms with E-state index < -0.39 is 0 Å². The second kappa shape index (κ2) is 5.63. The van der Waals surface area contributed by atoms with Gasteiger partial charge in [0.1, 0.15) is 0 Å². The standard InChI is InChI=1S/C18H26N2OS/c1-2-3-4-20-5-6-22-17(20)19-16(21)18-10-13-7-14(11-18)9-15(8-13)12-18/h5-6,13-15H,2-4,7-12H2,1H3. The minimum Gasteiger partial charge on any atom is -0.324 e. The van der Waals surface area contributed by atoms with E-state index in [9.17, 15) is 4.79 Å². The highest BCUT2D eigenvalue weighted by Crippen LogP contribution is 2.60. The van der Waals surface area contributed by atoms with Crippen molar-refractivity contribution in [3.8, 4) is 0 Å². The van der Waals surface area contributed by atoms with Crippen molar-refractivity contribution in [3.05, 3.63) is 16.4 Å². The van der Waals surface area contributed by atoms with Crippen molar-refractivity contribution in [3.63, 3.8) is 0 Å². The molecule has 0 saturated heterocycles. The van der Waals surface area contributed by atoms with Crippen LogP contribution in [0.5, 0.6) is 0 Å². The Morgan fingerprint density at radius 1 is 1.27 bits per heavy atom. The zero-order valence-electron chi connectivity index (χ0n) is 13.5. The molecule has 3 nitrogen and oxygen atoms in total. The Bertz CT molecular complexity index is 592. The normalized spacial score (nSPS) is 37.0. The largest absolute Gasteiger partial charge is 0.324 e. The molecule has 0 aliphatic heterocycles. The van der Waals surface area contributed by atoms with Crippen molar-refractivity contribution in [2.45, 2.75) is 64.8 Å². The van der Waals surface area contributed by atoms with Gasteiger partial charge in [-0.15, -0.1) is 11.3 Å². The highest BCUT2D eigenvalue weighted by molar-refractivity contribution is 7.07. The van der Waals surface area contributed by atoms with Crippen molar-refractivity contribution in [2.24, 2.45) is 28.2 Å². The molecule has 4 aliphatic rings. The summed E-state index contributed by atoms with van der Waals surface area (Å²) >= 11 is 1.61. The monoisotopic (exact) mass is 318 g/mol. The molecule has 5 rings (SSSR count). The molecule has 4 bridgehead atoms. The first kappa shape index (κ1) is 14.7. The number of carbonyl (C=O) groups is 1. The molecule has 22 heavy (non-hydrogen) atoms. The topological polar surface area (TPSA) is 34.4 Å². The van der Waals surface area contributed by atoms with Crippen LogP contribution in [0.2, 0.25) is 0 Å². The first-order chi connectivity index (χ1) is 10.7. The molecular weight excluding hydrogens is 292 g/mol. The fourth-order valence-electron chi connectivity index (χ4n) is 5.46. The maximum atomic E-state index is 13.0. The molecule has 120 valence electrons. The van der Waals surface area contributed by atoms with Gasteiger partial charge in [0.2, 0.25) is 0 Å². The predicted octanol–water partition coefficient (Wildman–Crippen LogP) is 3.99. The highest BCUT2D eigenvalue weighted by Gasteiger charge is 2.54. The molecule has 0 N–H and O–H groups in total. The average molecular weight is 318 g/mol. The van der Waals surface area contributed by atoms with Gasteiger partial charge in [0.15, 0.2) is 4.80 Å². The molecule has 4 heteroatoms. The third kappa shape index (κ3) is 2.49. The van der Waals surface area contributed by atoms with E-state index in [1.54, 1.807) is 11.3 Å². The smallest absolute Gasteiger partial charge is 0.254 e. The molecule has 0 unspecified atom stereocenters. The Balaban J connectivity index is 1.60.